The second kappa shape index (κ2) is 7.74. The van der Waals surface area contributed by atoms with E-state index < -0.39 is 17.5 Å². The number of rotatable bonds is 5. The van der Waals surface area contributed by atoms with E-state index in [1.807, 2.05) is 0 Å². The largest absolute Gasteiger partial charge is 0.595 e. The summed E-state index contributed by atoms with van der Waals surface area (Å²) in [6, 6.07) is 5.20. The number of nitrogen functional groups attached to an aromatic ring is 1. The zero-order chi connectivity index (χ0) is 21.5. The van der Waals surface area contributed by atoms with Crippen molar-refractivity contribution in [2.45, 2.75) is 19.1 Å². The van der Waals surface area contributed by atoms with Gasteiger partial charge in [-0.25, -0.2) is 0 Å². The number of anilines is 1. The van der Waals surface area contributed by atoms with Gasteiger partial charge in [0.15, 0.2) is 5.69 Å². The number of nitrogens with zero attached hydrogens (tertiary/aromatic N) is 2. The van der Waals surface area contributed by atoms with E-state index in [9.17, 15) is 23.2 Å². The molecule has 0 bridgehead atoms. The van der Waals surface area contributed by atoms with E-state index in [0.29, 0.717) is 12.5 Å². The van der Waals surface area contributed by atoms with Gasteiger partial charge in [0, 0.05) is 11.6 Å². The molecular formula is C18H15Cl2F3N4O2. The van der Waals surface area contributed by atoms with Gasteiger partial charge in [-0.1, -0.05) is 28.0 Å². The van der Waals surface area contributed by atoms with Crippen LogP contribution >= 0.6 is 23.2 Å². The molecular weight excluding hydrogens is 432 g/mol. The Bertz CT molecular complexity index is 1090. The minimum Gasteiger partial charge on any atom is -0.595 e. The normalized spacial score (nSPS) is 11.9. The molecule has 1 aromatic heterocycles. The lowest BCUT2D eigenvalue weighted by atomic mass is 10.0. The van der Waals surface area contributed by atoms with Crippen LogP contribution < -0.4 is 16.3 Å². The first-order chi connectivity index (χ1) is 13.6. The average molecular weight is 447 g/mol. The van der Waals surface area contributed by atoms with E-state index in [2.05, 4.69) is 0 Å². The Labute approximate surface area is 173 Å². The van der Waals surface area contributed by atoms with Gasteiger partial charge in [-0.15, -0.1) is 4.68 Å². The van der Waals surface area contributed by atoms with Crippen LogP contribution in [0.3, 0.4) is 0 Å². The highest BCUT2D eigenvalue weighted by molar-refractivity contribution is 6.39. The molecule has 0 atom stereocenters. The van der Waals surface area contributed by atoms with Gasteiger partial charge in [-0.05, 0) is 37.2 Å². The summed E-state index contributed by atoms with van der Waals surface area (Å²) in [5.74, 6) is -0.634. The highest BCUT2D eigenvalue weighted by Gasteiger charge is 2.34. The van der Waals surface area contributed by atoms with Crippen molar-refractivity contribution in [2.24, 2.45) is 5.73 Å². The van der Waals surface area contributed by atoms with Crippen molar-refractivity contribution in [3.05, 3.63) is 62.4 Å². The molecule has 154 valence electrons. The van der Waals surface area contributed by atoms with Crippen molar-refractivity contribution >= 4 is 45.6 Å². The number of carbonyl (C=O) groups is 1. The van der Waals surface area contributed by atoms with Gasteiger partial charge in [0.25, 0.3) is 5.52 Å². The second-order valence-corrected chi connectivity index (χ2v) is 7.11. The highest BCUT2D eigenvalue weighted by Crippen LogP contribution is 2.33. The fourth-order valence-corrected chi connectivity index (χ4v) is 3.45. The maximum absolute atomic E-state index is 13.2. The monoisotopic (exact) mass is 446 g/mol. The van der Waals surface area contributed by atoms with E-state index >= 15 is 0 Å². The number of fused-ring (bicyclic) bond motifs is 1. The van der Waals surface area contributed by atoms with Gasteiger partial charge in [0.2, 0.25) is 5.78 Å². The van der Waals surface area contributed by atoms with Gasteiger partial charge in [0.05, 0.1) is 33.2 Å². The molecule has 1 heterocycles. The van der Waals surface area contributed by atoms with Gasteiger partial charge in [-0.2, -0.15) is 13.2 Å². The van der Waals surface area contributed by atoms with Crippen molar-refractivity contribution in [3.63, 3.8) is 0 Å². The summed E-state index contributed by atoms with van der Waals surface area (Å²) in [5.41, 5.74) is 9.93. The Kier molecular flexibility index (Phi) is 5.66. The van der Waals surface area contributed by atoms with E-state index in [4.69, 9.17) is 34.7 Å². The quantitative estimate of drug-likeness (QED) is 0.269. The summed E-state index contributed by atoms with van der Waals surface area (Å²) in [5, 5.41) is 12.9. The molecule has 0 aliphatic heterocycles. The topological polar surface area (TPSA) is 101 Å². The molecule has 0 spiro atoms. The molecule has 3 aromatic rings. The number of carbonyl (C=O) groups excluding carboxylic acids is 1. The molecule has 0 radical (unpaired) electrons. The first kappa shape index (κ1) is 21.2. The van der Waals surface area contributed by atoms with Gasteiger partial charge >= 0.3 is 6.18 Å². The van der Waals surface area contributed by atoms with E-state index in [1.54, 1.807) is 0 Å². The lowest BCUT2D eigenvalue weighted by Crippen LogP contribution is -2.39. The number of alkyl halides is 3. The molecule has 0 saturated heterocycles. The third kappa shape index (κ3) is 3.85. The molecule has 3 rings (SSSR count). The molecule has 0 unspecified atom stereocenters. The third-order valence-corrected chi connectivity index (χ3v) is 5.02. The number of nitrogens with two attached hydrogens (primary N) is 2. The first-order valence-corrected chi connectivity index (χ1v) is 9.14. The van der Waals surface area contributed by atoms with Crippen molar-refractivity contribution in [1.82, 2.24) is 4.68 Å². The molecule has 29 heavy (non-hydrogen) atoms. The Balaban J connectivity index is 2.25. The van der Waals surface area contributed by atoms with Crippen molar-refractivity contribution < 1.29 is 22.8 Å². The summed E-state index contributed by atoms with van der Waals surface area (Å²) in [6.45, 7) is 0.253. The summed E-state index contributed by atoms with van der Waals surface area (Å²) in [7, 11) is 0. The Morgan fingerprint density at radius 1 is 1.17 bits per heavy atom. The maximum Gasteiger partial charge on any atom is 0.416 e. The predicted molar refractivity (Wildman–Crippen MR) is 104 cm³/mol. The van der Waals surface area contributed by atoms with Gasteiger partial charge in [-0.3, -0.25) is 4.79 Å². The highest BCUT2D eigenvalue weighted by atomic mass is 35.5. The van der Waals surface area contributed by atoms with Crippen molar-refractivity contribution in [1.29, 1.82) is 0 Å². The summed E-state index contributed by atoms with van der Waals surface area (Å²) >= 11 is 12.0. The number of halogens is 5. The maximum atomic E-state index is 13.2. The molecule has 4 N–H and O–H groups in total. The van der Waals surface area contributed by atoms with Crippen LogP contribution in [0.15, 0.2) is 30.3 Å². The molecule has 2 aromatic carbocycles. The molecule has 0 amide bonds. The van der Waals surface area contributed by atoms with E-state index in [-0.39, 0.29) is 55.8 Å². The minimum absolute atomic E-state index is 0.0353. The van der Waals surface area contributed by atoms with Crippen LogP contribution in [0.1, 0.15) is 28.0 Å². The van der Waals surface area contributed by atoms with Crippen molar-refractivity contribution in [3.8, 4) is 0 Å². The Hall–Kier alpha value is -2.49. The standard InChI is InChI=1S/C18H15Cl2F3N4O2/c19-12-6-9(7-13(20)15(12)25)17(28)16-11-3-2-10(18(21,22)23)8-14(11)27(29)26(16)5-1-4-24/h2-3,6-8H,1,4-5,24-25H2. The minimum atomic E-state index is -4.64. The lowest BCUT2D eigenvalue weighted by molar-refractivity contribution is -0.670. The van der Waals surface area contributed by atoms with Crippen LogP contribution in [-0.2, 0) is 12.7 Å². The van der Waals surface area contributed by atoms with Gasteiger partial charge in [0.1, 0.15) is 0 Å². The smallest absolute Gasteiger partial charge is 0.416 e. The van der Waals surface area contributed by atoms with Crippen LogP contribution in [0, 0.1) is 5.21 Å². The third-order valence-electron chi connectivity index (χ3n) is 4.39. The van der Waals surface area contributed by atoms with Crippen LogP contribution in [-0.4, -0.2) is 17.0 Å². The zero-order valence-electron chi connectivity index (χ0n) is 14.8. The zero-order valence-corrected chi connectivity index (χ0v) is 16.3. The number of aromatic nitrogens is 2. The van der Waals surface area contributed by atoms with Crippen LogP contribution in [0.5, 0.6) is 0 Å². The number of benzene rings is 2. The van der Waals surface area contributed by atoms with Crippen LogP contribution in [0.25, 0.3) is 10.9 Å². The number of ketones is 1. The fourth-order valence-electron chi connectivity index (χ4n) is 2.96. The molecule has 6 nitrogen and oxygen atoms in total. The molecule has 0 saturated carbocycles. The summed E-state index contributed by atoms with van der Waals surface area (Å²) in [6.07, 6.45) is -4.30. The fraction of sp³-hybridized carbons (Fsp3) is 0.222. The predicted octanol–water partition coefficient (Wildman–Crippen LogP) is 3.76. The molecule has 0 fully saturated rings. The number of hydrogen-bond donors (Lipinski definition) is 2. The second-order valence-electron chi connectivity index (χ2n) is 6.30. The van der Waals surface area contributed by atoms with Crippen LogP contribution in [0.2, 0.25) is 10.0 Å². The average Bonchev–Trinajstić information content (AvgIpc) is 2.94. The van der Waals surface area contributed by atoms with Crippen LogP contribution in [0.4, 0.5) is 18.9 Å². The summed E-state index contributed by atoms with van der Waals surface area (Å²) in [4.78, 5) is 13.4. The van der Waals surface area contributed by atoms with Gasteiger partial charge < -0.3 is 16.7 Å². The Morgan fingerprint density at radius 2 is 1.79 bits per heavy atom. The van der Waals surface area contributed by atoms with E-state index in [0.717, 1.165) is 16.8 Å². The SMILES string of the molecule is NCCCn1c(C(=O)c2cc(Cl)c(N)c(Cl)c2)c2ccc(C(F)(F)F)cc2[n+]1[O-]. The lowest BCUT2D eigenvalue weighted by Gasteiger charge is -2.08. The van der Waals surface area contributed by atoms with Crippen molar-refractivity contribution in [2.75, 3.05) is 12.3 Å². The summed E-state index contributed by atoms with van der Waals surface area (Å²) < 4.78 is 40.2. The Morgan fingerprint density at radius 3 is 2.34 bits per heavy atom. The number of hydrogen-bond acceptors (Lipinski definition) is 4. The van der Waals surface area contributed by atoms with E-state index in [1.165, 1.54) is 12.1 Å². The molecule has 11 heteroatoms. The molecule has 0 aliphatic rings. The first-order valence-electron chi connectivity index (χ1n) is 8.38. The molecule has 0 aliphatic carbocycles.